The van der Waals surface area contributed by atoms with Crippen LogP contribution in [0.15, 0.2) is 41.0 Å². The van der Waals surface area contributed by atoms with Crippen LogP contribution in [-0.2, 0) is 13.1 Å². The lowest BCUT2D eigenvalue weighted by Crippen LogP contribution is -2.22. The molecular formula is C17H19FN2O. The molecule has 0 unspecified atom stereocenters. The highest BCUT2D eigenvalue weighted by Crippen LogP contribution is 2.14. The van der Waals surface area contributed by atoms with Crippen LogP contribution < -0.4 is 5.73 Å². The maximum atomic E-state index is 13.6. The van der Waals surface area contributed by atoms with Crippen molar-refractivity contribution in [3.63, 3.8) is 0 Å². The SMILES string of the molecule is CCN(Cc1ccc(F)c(C#CCN)c1)Cc1ccco1. The van der Waals surface area contributed by atoms with Gasteiger partial charge in [-0.15, -0.1) is 0 Å². The monoisotopic (exact) mass is 286 g/mol. The number of rotatable bonds is 5. The van der Waals surface area contributed by atoms with E-state index in [1.807, 2.05) is 12.1 Å². The van der Waals surface area contributed by atoms with Gasteiger partial charge in [0.2, 0.25) is 0 Å². The molecule has 4 heteroatoms. The minimum atomic E-state index is -0.311. The first-order chi connectivity index (χ1) is 10.2. The van der Waals surface area contributed by atoms with Gasteiger partial charge in [0.05, 0.1) is 24.9 Å². The molecule has 0 fully saturated rings. The number of nitrogens with two attached hydrogens (primary N) is 1. The van der Waals surface area contributed by atoms with E-state index < -0.39 is 0 Å². The summed E-state index contributed by atoms with van der Waals surface area (Å²) in [6, 6.07) is 8.85. The van der Waals surface area contributed by atoms with Crippen molar-refractivity contribution >= 4 is 0 Å². The predicted molar refractivity (Wildman–Crippen MR) is 80.8 cm³/mol. The fourth-order valence-corrected chi connectivity index (χ4v) is 2.07. The van der Waals surface area contributed by atoms with E-state index in [1.165, 1.54) is 6.07 Å². The Labute approximate surface area is 124 Å². The third-order valence-electron chi connectivity index (χ3n) is 3.17. The van der Waals surface area contributed by atoms with Crippen molar-refractivity contribution in [1.29, 1.82) is 0 Å². The molecule has 110 valence electrons. The molecule has 0 atom stereocenters. The van der Waals surface area contributed by atoms with Crippen LogP contribution in [-0.4, -0.2) is 18.0 Å². The molecule has 21 heavy (non-hydrogen) atoms. The van der Waals surface area contributed by atoms with E-state index in [0.717, 1.165) is 31.0 Å². The molecule has 1 heterocycles. The zero-order chi connectivity index (χ0) is 15.1. The van der Waals surface area contributed by atoms with Crippen LogP contribution in [0.3, 0.4) is 0 Å². The smallest absolute Gasteiger partial charge is 0.138 e. The van der Waals surface area contributed by atoms with Gasteiger partial charge in [0.15, 0.2) is 0 Å². The minimum Gasteiger partial charge on any atom is -0.468 e. The maximum Gasteiger partial charge on any atom is 0.138 e. The lowest BCUT2D eigenvalue weighted by molar-refractivity contribution is 0.247. The van der Waals surface area contributed by atoms with Crippen LogP contribution in [0, 0.1) is 17.7 Å². The lowest BCUT2D eigenvalue weighted by atomic mass is 10.1. The van der Waals surface area contributed by atoms with Gasteiger partial charge < -0.3 is 10.2 Å². The molecule has 3 nitrogen and oxygen atoms in total. The first-order valence-electron chi connectivity index (χ1n) is 6.95. The number of hydrogen-bond donors (Lipinski definition) is 1. The molecule has 1 aromatic heterocycles. The fraction of sp³-hybridized carbons (Fsp3) is 0.294. The molecule has 2 aromatic rings. The Kier molecular flexibility index (Phi) is 5.56. The van der Waals surface area contributed by atoms with Crippen LogP contribution in [0.5, 0.6) is 0 Å². The summed E-state index contributed by atoms with van der Waals surface area (Å²) >= 11 is 0. The van der Waals surface area contributed by atoms with E-state index in [-0.39, 0.29) is 12.4 Å². The van der Waals surface area contributed by atoms with Gasteiger partial charge in [-0.1, -0.05) is 24.8 Å². The van der Waals surface area contributed by atoms with Crippen LogP contribution in [0.2, 0.25) is 0 Å². The molecule has 0 radical (unpaired) electrons. The summed E-state index contributed by atoms with van der Waals surface area (Å²) < 4.78 is 19.0. The van der Waals surface area contributed by atoms with Crippen LogP contribution in [0.4, 0.5) is 4.39 Å². The van der Waals surface area contributed by atoms with E-state index in [0.29, 0.717) is 5.56 Å². The quantitative estimate of drug-likeness (QED) is 0.859. The molecule has 0 saturated heterocycles. The Morgan fingerprint density at radius 1 is 1.29 bits per heavy atom. The number of hydrogen-bond acceptors (Lipinski definition) is 3. The standard InChI is InChI=1S/C17H19FN2O/c1-2-20(13-16-6-4-10-21-16)12-14-7-8-17(18)15(11-14)5-3-9-19/h4,6-8,10-11H,2,9,12-13,19H2,1H3. The van der Waals surface area contributed by atoms with E-state index in [9.17, 15) is 4.39 Å². The minimum absolute atomic E-state index is 0.225. The van der Waals surface area contributed by atoms with Crippen molar-refractivity contribution in [2.45, 2.75) is 20.0 Å². The molecular weight excluding hydrogens is 267 g/mol. The Balaban J connectivity index is 2.10. The normalized spacial score (nSPS) is 10.5. The van der Waals surface area contributed by atoms with E-state index in [2.05, 4.69) is 23.7 Å². The molecule has 0 bridgehead atoms. The summed E-state index contributed by atoms with van der Waals surface area (Å²) in [5.74, 6) is 6.06. The first-order valence-corrected chi connectivity index (χ1v) is 6.95. The van der Waals surface area contributed by atoms with E-state index >= 15 is 0 Å². The highest BCUT2D eigenvalue weighted by atomic mass is 19.1. The van der Waals surface area contributed by atoms with Crippen LogP contribution in [0.25, 0.3) is 0 Å². The molecule has 0 amide bonds. The zero-order valence-corrected chi connectivity index (χ0v) is 12.1. The molecule has 0 spiro atoms. The van der Waals surface area contributed by atoms with E-state index in [4.69, 9.17) is 10.2 Å². The summed E-state index contributed by atoms with van der Waals surface area (Å²) in [7, 11) is 0. The second-order valence-electron chi connectivity index (χ2n) is 4.70. The van der Waals surface area contributed by atoms with E-state index in [1.54, 1.807) is 18.4 Å². The Bertz CT molecular complexity index is 626. The Hall–Kier alpha value is -2.09. The summed E-state index contributed by atoms with van der Waals surface area (Å²) in [5.41, 5.74) is 6.74. The second kappa shape index (κ2) is 7.63. The molecule has 0 aliphatic heterocycles. The second-order valence-corrected chi connectivity index (χ2v) is 4.70. The van der Waals surface area contributed by atoms with Gasteiger partial charge in [-0.3, -0.25) is 4.90 Å². The Morgan fingerprint density at radius 3 is 2.81 bits per heavy atom. The van der Waals surface area contributed by atoms with Gasteiger partial charge in [-0.05, 0) is 36.4 Å². The predicted octanol–water partition coefficient (Wildman–Crippen LogP) is 2.75. The molecule has 0 aliphatic rings. The Morgan fingerprint density at radius 2 is 2.14 bits per heavy atom. The van der Waals surface area contributed by atoms with Crippen molar-refractivity contribution in [2.24, 2.45) is 5.73 Å². The third kappa shape index (κ3) is 4.45. The van der Waals surface area contributed by atoms with Gasteiger partial charge in [0.25, 0.3) is 0 Å². The average Bonchev–Trinajstić information content (AvgIpc) is 3.00. The average molecular weight is 286 g/mol. The highest BCUT2D eigenvalue weighted by molar-refractivity contribution is 5.38. The number of benzene rings is 1. The molecule has 2 N–H and O–H groups in total. The first kappa shape index (κ1) is 15.3. The zero-order valence-electron chi connectivity index (χ0n) is 12.1. The number of furan rings is 1. The maximum absolute atomic E-state index is 13.6. The van der Waals surface area contributed by atoms with Crippen molar-refractivity contribution in [1.82, 2.24) is 4.90 Å². The third-order valence-corrected chi connectivity index (χ3v) is 3.17. The van der Waals surface area contributed by atoms with Crippen molar-refractivity contribution in [3.8, 4) is 11.8 Å². The number of nitrogens with zero attached hydrogens (tertiary/aromatic N) is 1. The van der Waals surface area contributed by atoms with Crippen molar-refractivity contribution in [3.05, 3.63) is 59.3 Å². The largest absolute Gasteiger partial charge is 0.468 e. The highest BCUT2D eigenvalue weighted by Gasteiger charge is 2.08. The number of halogens is 1. The summed E-state index contributed by atoms with van der Waals surface area (Å²) in [5, 5.41) is 0. The van der Waals surface area contributed by atoms with Gasteiger partial charge in [0, 0.05) is 6.54 Å². The van der Waals surface area contributed by atoms with Crippen molar-refractivity contribution in [2.75, 3.05) is 13.1 Å². The van der Waals surface area contributed by atoms with Gasteiger partial charge in [-0.2, -0.15) is 0 Å². The van der Waals surface area contributed by atoms with Crippen molar-refractivity contribution < 1.29 is 8.81 Å². The molecule has 0 aliphatic carbocycles. The topological polar surface area (TPSA) is 42.4 Å². The van der Waals surface area contributed by atoms with Gasteiger partial charge in [0.1, 0.15) is 11.6 Å². The van der Waals surface area contributed by atoms with Crippen LogP contribution in [0.1, 0.15) is 23.8 Å². The molecule has 2 rings (SSSR count). The lowest BCUT2D eigenvalue weighted by Gasteiger charge is -2.19. The summed E-state index contributed by atoms with van der Waals surface area (Å²) in [6.07, 6.45) is 1.67. The summed E-state index contributed by atoms with van der Waals surface area (Å²) in [4.78, 5) is 2.21. The molecule has 0 saturated carbocycles. The molecule has 1 aromatic carbocycles. The summed E-state index contributed by atoms with van der Waals surface area (Å²) in [6.45, 7) is 4.63. The van der Waals surface area contributed by atoms with Crippen LogP contribution >= 0.6 is 0 Å². The fourth-order valence-electron chi connectivity index (χ4n) is 2.07. The van der Waals surface area contributed by atoms with Gasteiger partial charge >= 0.3 is 0 Å². The van der Waals surface area contributed by atoms with Gasteiger partial charge in [-0.25, -0.2) is 4.39 Å².